The van der Waals surface area contributed by atoms with Gasteiger partial charge in [-0.05, 0) is 12.1 Å². The van der Waals surface area contributed by atoms with Gasteiger partial charge in [0, 0.05) is 18.3 Å². The predicted octanol–water partition coefficient (Wildman–Crippen LogP) is 2.36. The lowest BCUT2D eigenvalue weighted by molar-refractivity contribution is 0.178. The molecule has 1 rings (SSSR count). The van der Waals surface area contributed by atoms with Gasteiger partial charge in [0.1, 0.15) is 6.10 Å². The Balaban J connectivity index is 2.61. The molecule has 0 aliphatic carbocycles. The van der Waals surface area contributed by atoms with Crippen LogP contribution in [-0.2, 0) is 6.42 Å². The van der Waals surface area contributed by atoms with Crippen LogP contribution in [0.4, 0.5) is 0 Å². The summed E-state index contributed by atoms with van der Waals surface area (Å²) in [6.07, 6.45) is 0.824. The van der Waals surface area contributed by atoms with Crippen molar-refractivity contribution in [3.63, 3.8) is 0 Å². The average molecular weight is 241 g/mol. The van der Waals surface area contributed by atoms with E-state index in [2.05, 4.69) is 4.98 Å². The number of alkyl halides is 3. The summed E-state index contributed by atoms with van der Waals surface area (Å²) in [5.74, 6) is 0. The molecule has 0 saturated heterocycles. The maximum Gasteiger partial charge on any atom is 0.216 e. The fourth-order valence-electron chi connectivity index (χ4n) is 0.833. The smallest absolute Gasteiger partial charge is 0.216 e. The van der Waals surface area contributed by atoms with Crippen LogP contribution in [0.15, 0.2) is 24.4 Å². The Morgan fingerprint density at radius 3 is 2.54 bits per heavy atom. The van der Waals surface area contributed by atoms with E-state index in [1.54, 1.807) is 18.3 Å². The quantitative estimate of drug-likeness (QED) is 0.805. The molecule has 1 atom stereocenters. The van der Waals surface area contributed by atoms with Crippen LogP contribution in [-0.4, -0.2) is 20.0 Å². The summed E-state index contributed by atoms with van der Waals surface area (Å²) in [6, 6.07) is 5.36. The molecule has 72 valence electrons. The van der Waals surface area contributed by atoms with Gasteiger partial charge in [0.15, 0.2) is 0 Å². The van der Waals surface area contributed by atoms with Crippen molar-refractivity contribution in [2.75, 3.05) is 0 Å². The Kier molecular flexibility index (Phi) is 3.80. The van der Waals surface area contributed by atoms with Crippen LogP contribution in [0.5, 0.6) is 0 Å². The molecule has 13 heavy (non-hydrogen) atoms. The number of halogens is 3. The third-order valence-electron chi connectivity index (χ3n) is 1.51. The number of aromatic nitrogens is 1. The number of nitrogens with zero attached hydrogens (tertiary/aromatic N) is 1. The minimum atomic E-state index is -1.66. The van der Waals surface area contributed by atoms with Crippen LogP contribution in [0.2, 0.25) is 0 Å². The molecule has 0 aliphatic heterocycles. The van der Waals surface area contributed by atoms with Crippen LogP contribution in [0.1, 0.15) is 5.69 Å². The second kappa shape index (κ2) is 4.47. The van der Waals surface area contributed by atoms with Crippen molar-refractivity contribution in [1.82, 2.24) is 4.98 Å². The van der Waals surface area contributed by atoms with Gasteiger partial charge in [0.05, 0.1) is 0 Å². The van der Waals surface area contributed by atoms with Crippen molar-refractivity contribution in [3.8, 4) is 0 Å². The largest absolute Gasteiger partial charge is 0.388 e. The van der Waals surface area contributed by atoms with Crippen molar-refractivity contribution in [2.24, 2.45) is 0 Å². The van der Waals surface area contributed by atoms with E-state index in [1.807, 2.05) is 6.07 Å². The molecule has 0 radical (unpaired) electrons. The molecule has 0 aliphatic rings. The fourth-order valence-corrected chi connectivity index (χ4v) is 1.06. The summed E-state index contributed by atoms with van der Waals surface area (Å²) in [6.45, 7) is 0. The van der Waals surface area contributed by atoms with Gasteiger partial charge >= 0.3 is 0 Å². The molecule has 0 saturated carbocycles. The van der Waals surface area contributed by atoms with Crippen LogP contribution < -0.4 is 0 Å². The molecule has 0 amide bonds. The number of hydrogen-bond acceptors (Lipinski definition) is 2. The molecule has 1 heterocycles. The first kappa shape index (κ1) is 11.1. The first-order valence-electron chi connectivity index (χ1n) is 3.65. The molecule has 1 aromatic heterocycles. The van der Waals surface area contributed by atoms with Gasteiger partial charge in [-0.15, -0.1) is 0 Å². The monoisotopic (exact) mass is 239 g/mol. The fraction of sp³-hybridized carbons (Fsp3) is 0.375. The van der Waals surface area contributed by atoms with Crippen molar-refractivity contribution < 1.29 is 5.11 Å². The number of hydrogen-bond donors (Lipinski definition) is 1. The molecule has 5 heteroatoms. The Bertz CT molecular complexity index is 260. The highest BCUT2D eigenvalue weighted by Gasteiger charge is 2.30. The molecule has 2 nitrogen and oxygen atoms in total. The molecule has 0 fully saturated rings. The molecule has 0 unspecified atom stereocenters. The first-order valence-corrected chi connectivity index (χ1v) is 4.78. The normalized spacial score (nSPS) is 14.2. The van der Waals surface area contributed by atoms with Crippen molar-refractivity contribution in [3.05, 3.63) is 30.1 Å². The van der Waals surface area contributed by atoms with Crippen LogP contribution in [0.3, 0.4) is 0 Å². The average Bonchev–Trinajstić information content (AvgIpc) is 2.04. The van der Waals surface area contributed by atoms with Crippen molar-refractivity contribution in [2.45, 2.75) is 16.3 Å². The maximum atomic E-state index is 9.40. The van der Waals surface area contributed by atoms with Gasteiger partial charge in [-0.2, -0.15) is 0 Å². The minimum Gasteiger partial charge on any atom is -0.388 e. The highest BCUT2D eigenvalue weighted by Crippen LogP contribution is 2.31. The third kappa shape index (κ3) is 3.69. The first-order chi connectivity index (χ1) is 6.00. The summed E-state index contributed by atoms with van der Waals surface area (Å²) < 4.78 is -1.66. The highest BCUT2D eigenvalue weighted by atomic mass is 35.6. The van der Waals surface area contributed by atoms with E-state index in [1.165, 1.54) is 0 Å². The van der Waals surface area contributed by atoms with Crippen molar-refractivity contribution in [1.29, 1.82) is 0 Å². The zero-order valence-electron chi connectivity index (χ0n) is 6.62. The summed E-state index contributed by atoms with van der Waals surface area (Å²) in [5, 5.41) is 9.40. The topological polar surface area (TPSA) is 33.1 Å². The van der Waals surface area contributed by atoms with Crippen LogP contribution in [0, 0.1) is 0 Å². The number of aliphatic hydroxyl groups is 1. The molecule has 0 bridgehead atoms. The standard InChI is InChI=1S/C8H8Cl3NO/c9-8(10,11)7(13)5-6-3-1-2-4-12-6/h1-4,7,13H,5H2/t7-/m1/s1. The van der Waals surface area contributed by atoms with Crippen LogP contribution >= 0.6 is 34.8 Å². The summed E-state index contributed by atoms with van der Waals surface area (Å²) >= 11 is 16.5. The number of aliphatic hydroxyl groups excluding tert-OH is 1. The summed E-state index contributed by atoms with van der Waals surface area (Å²) in [4.78, 5) is 4.00. The van der Waals surface area contributed by atoms with E-state index in [4.69, 9.17) is 34.8 Å². The van der Waals surface area contributed by atoms with E-state index < -0.39 is 9.90 Å². The van der Waals surface area contributed by atoms with Gasteiger partial charge in [-0.1, -0.05) is 40.9 Å². The van der Waals surface area contributed by atoms with Crippen LogP contribution in [0.25, 0.3) is 0 Å². The maximum absolute atomic E-state index is 9.40. The molecule has 1 N–H and O–H groups in total. The molecule has 0 aromatic carbocycles. The lowest BCUT2D eigenvalue weighted by Gasteiger charge is -2.17. The number of rotatable bonds is 2. The Morgan fingerprint density at radius 1 is 1.38 bits per heavy atom. The SMILES string of the molecule is O[C@H](Cc1ccccn1)C(Cl)(Cl)Cl. The summed E-state index contributed by atoms with van der Waals surface area (Å²) in [7, 11) is 0. The molecular weight excluding hydrogens is 232 g/mol. The van der Waals surface area contributed by atoms with Gasteiger partial charge in [0.2, 0.25) is 3.79 Å². The summed E-state index contributed by atoms with van der Waals surface area (Å²) in [5.41, 5.74) is 0.696. The zero-order chi connectivity index (χ0) is 9.90. The van der Waals surface area contributed by atoms with Gasteiger partial charge in [-0.3, -0.25) is 4.98 Å². The molecular formula is C8H8Cl3NO. The Hall–Kier alpha value is -0.0200. The van der Waals surface area contributed by atoms with Gasteiger partial charge in [-0.25, -0.2) is 0 Å². The lowest BCUT2D eigenvalue weighted by Crippen LogP contribution is -2.27. The van der Waals surface area contributed by atoms with E-state index in [-0.39, 0.29) is 6.42 Å². The minimum absolute atomic E-state index is 0.233. The highest BCUT2D eigenvalue weighted by molar-refractivity contribution is 6.68. The van der Waals surface area contributed by atoms with Gasteiger partial charge in [0.25, 0.3) is 0 Å². The second-order valence-corrected chi connectivity index (χ2v) is 4.95. The van der Waals surface area contributed by atoms with E-state index in [0.29, 0.717) is 5.69 Å². The second-order valence-electron chi connectivity index (χ2n) is 2.58. The zero-order valence-corrected chi connectivity index (χ0v) is 8.89. The number of pyridine rings is 1. The van der Waals surface area contributed by atoms with E-state index >= 15 is 0 Å². The van der Waals surface area contributed by atoms with Gasteiger partial charge < -0.3 is 5.11 Å². The van der Waals surface area contributed by atoms with E-state index in [9.17, 15) is 5.11 Å². The lowest BCUT2D eigenvalue weighted by atomic mass is 10.2. The third-order valence-corrected chi connectivity index (χ3v) is 2.26. The van der Waals surface area contributed by atoms with Crippen molar-refractivity contribution >= 4 is 34.8 Å². The molecule has 0 spiro atoms. The Labute approximate surface area is 91.4 Å². The molecule has 1 aromatic rings. The van der Waals surface area contributed by atoms with E-state index in [0.717, 1.165) is 0 Å². The predicted molar refractivity (Wildman–Crippen MR) is 54.2 cm³/mol. The Morgan fingerprint density at radius 2 is 2.08 bits per heavy atom.